The van der Waals surface area contributed by atoms with E-state index in [-0.39, 0.29) is 36.1 Å². The van der Waals surface area contributed by atoms with E-state index in [1.165, 1.54) is 24.8 Å². The average Bonchev–Trinajstić information content (AvgIpc) is 3.01. The van der Waals surface area contributed by atoms with Gasteiger partial charge in [0.2, 0.25) is 11.8 Å². The van der Waals surface area contributed by atoms with Gasteiger partial charge in [0.05, 0.1) is 12.1 Å². The summed E-state index contributed by atoms with van der Waals surface area (Å²) in [4.78, 5) is 42.9. The quantitative estimate of drug-likeness (QED) is 0.625. The van der Waals surface area contributed by atoms with Crippen LogP contribution in [-0.2, 0) is 15.1 Å². The molecule has 0 atom stereocenters. The van der Waals surface area contributed by atoms with Gasteiger partial charge in [0.15, 0.2) is 0 Å². The van der Waals surface area contributed by atoms with E-state index in [4.69, 9.17) is 5.73 Å². The third-order valence-corrected chi connectivity index (χ3v) is 8.19. The maximum atomic E-state index is 13.5. The molecule has 180 valence electrons. The Labute approximate surface area is 196 Å². The van der Waals surface area contributed by atoms with Crippen LogP contribution in [0.2, 0.25) is 0 Å². The summed E-state index contributed by atoms with van der Waals surface area (Å²) in [6.45, 7) is 1.09. The topological polar surface area (TPSA) is 99.0 Å². The average molecular weight is 456 g/mol. The Morgan fingerprint density at radius 2 is 1.79 bits per heavy atom. The highest BCUT2D eigenvalue weighted by molar-refractivity contribution is 5.88. The molecule has 0 aromatic heterocycles. The minimum Gasteiger partial charge on any atom is -0.368 e. The van der Waals surface area contributed by atoms with E-state index in [0.717, 1.165) is 32.2 Å². The molecule has 2 aliphatic carbocycles. The number of amides is 4. The normalized spacial score (nSPS) is 27.8. The van der Waals surface area contributed by atoms with Gasteiger partial charge < -0.3 is 20.9 Å². The largest absolute Gasteiger partial charge is 0.368 e. The van der Waals surface area contributed by atoms with Gasteiger partial charge in [-0.2, -0.15) is 0 Å². The zero-order valence-corrected chi connectivity index (χ0v) is 19.9. The van der Waals surface area contributed by atoms with Gasteiger partial charge >= 0.3 is 6.03 Å². The molecule has 8 heteroatoms. The van der Waals surface area contributed by atoms with Crippen LogP contribution < -0.4 is 11.1 Å². The molecular weight excluding hydrogens is 418 g/mol. The van der Waals surface area contributed by atoms with E-state index in [1.807, 2.05) is 6.07 Å². The lowest BCUT2D eigenvalue weighted by Gasteiger charge is -2.51. The smallest absolute Gasteiger partial charge is 0.321 e. The molecule has 1 aromatic carbocycles. The van der Waals surface area contributed by atoms with Crippen molar-refractivity contribution >= 4 is 17.8 Å². The van der Waals surface area contributed by atoms with E-state index in [2.05, 4.69) is 53.5 Å². The Hall–Kier alpha value is -2.61. The van der Waals surface area contributed by atoms with Crippen LogP contribution in [0.4, 0.5) is 4.79 Å². The molecule has 1 aliphatic heterocycles. The number of hydrogen-bond acceptors (Lipinski definition) is 4. The van der Waals surface area contributed by atoms with Crippen molar-refractivity contribution < 1.29 is 14.4 Å². The molecule has 33 heavy (non-hydrogen) atoms. The summed E-state index contributed by atoms with van der Waals surface area (Å²) in [6.07, 6.45) is 7.29. The van der Waals surface area contributed by atoms with E-state index in [9.17, 15) is 14.4 Å². The monoisotopic (exact) mass is 455 g/mol. The van der Waals surface area contributed by atoms with E-state index < -0.39 is 5.91 Å². The Kier molecular flexibility index (Phi) is 6.66. The van der Waals surface area contributed by atoms with Crippen LogP contribution in [0, 0.1) is 5.92 Å². The second-order valence-corrected chi connectivity index (χ2v) is 10.3. The van der Waals surface area contributed by atoms with Gasteiger partial charge in [-0.25, -0.2) is 4.79 Å². The first-order chi connectivity index (χ1) is 15.8. The molecule has 3 N–H and O–H groups in total. The standard InChI is InChI=1S/C25H37N5O3/c1-28(2)25(20-9-4-3-5-10-20)13-11-24(12-14-25)18-29(17-22(32)27-15-21(26)31)23(33)30(24)16-19-7-6-8-19/h3-5,9-10,19H,6-8,11-18H2,1-2H3,(H2,26,31)(H,27,32). The summed E-state index contributed by atoms with van der Waals surface area (Å²) >= 11 is 0. The lowest BCUT2D eigenvalue weighted by molar-refractivity contribution is -0.125. The molecule has 1 saturated heterocycles. The summed E-state index contributed by atoms with van der Waals surface area (Å²) in [5.74, 6) is -0.373. The predicted octanol–water partition coefficient (Wildman–Crippen LogP) is 1.90. The third kappa shape index (κ3) is 4.58. The predicted molar refractivity (Wildman–Crippen MR) is 126 cm³/mol. The minimum absolute atomic E-state index is 0.0352. The second kappa shape index (κ2) is 9.33. The molecule has 3 aliphatic rings. The maximum Gasteiger partial charge on any atom is 0.321 e. The molecule has 4 rings (SSSR count). The van der Waals surface area contributed by atoms with Crippen molar-refractivity contribution in [3.8, 4) is 0 Å². The van der Waals surface area contributed by atoms with Crippen molar-refractivity contribution in [2.45, 2.75) is 56.0 Å². The van der Waals surface area contributed by atoms with Crippen LogP contribution in [-0.4, -0.2) is 78.4 Å². The van der Waals surface area contributed by atoms with Crippen molar-refractivity contribution in [1.29, 1.82) is 0 Å². The first-order valence-electron chi connectivity index (χ1n) is 12.1. The van der Waals surface area contributed by atoms with Crippen LogP contribution >= 0.6 is 0 Å². The highest BCUT2D eigenvalue weighted by Crippen LogP contribution is 2.49. The molecule has 1 aromatic rings. The highest BCUT2D eigenvalue weighted by atomic mass is 16.2. The molecular formula is C25H37N5O3. The summed E-state index contributed by atoms with van der Waals surface area (Å²) in [6, 6.07) is 10.6. The third-order valence-electron chi connectivity index (χ3n) is 8.19. The van der Waals surface area contributed by atoms with Gasteiger partial charge in [0.25, 0.3) is 0 Å². The minimum atomic E-state index is -0.590. The number of hydrogen-bond donors (Lipinski definition) is 2. The number of nitrogens with one attached hydrogen (secondary N) is 1. The Morgan fingerprint density at radius 1 is 1.12 bits per heavy atom. The van der Waals surface area contributed by atoms with E-state index in [1.54, 1.807) is 4.90 Å². The number of primary amides is 1. The van der Waals surface area contributed by atoms with E-state index in [0.29, 0.717) is 12.5 Å². The van der Waals surface area contributed by atoms with Gasteiger partial charge in [-0.1, -0.05) is 36.8 Å². The first-order valence-corrected chi connectivity index (χ1v) is 12.1. The Morgan fingerprint density at radius 3 is 2.33 bits per heavy atom. The van der Waals surface area contributed by atoms with Gasteiger partial charge in [-0.15, -0.1) is 0 Å². The first kappa shape index (κ1) is 23.5. The summed E-state index contributed by atoms with van der Waals surface area (Å²) < 4.78 is 0. The molecule has 0 radical (unpaired) electrons. The fourth-order valence-electron chi connectivity index (χ4n) is 5.93. The van der Waals surface area contributed by atoms with Crippen LogP contribution in [0.1, 0.15) is 50.5 Å². The van der Waals surface area contributed by atoms with Crippen molar-refractivity contribution in [3.63, 3.8) is 0 Å². The van der Waals surface area contributed by atoms with E-state index >= 15 is 0 Å². The number of rotatable bonds is 8. The molecule has 2 saturated carbocycles. The van der Waals surface area contributed by atoms with Gasteiger partial charge in [-0.05, 0) is 64.1 Å². The zero-order valence-electron chi connectivity index (χ0n) is 19.9. The molecule has 3 fully saturated rings. The number of benzene rings is 1. The van der Waals surface area contributed by atoms with Crippen molar-refractivity contribution in [3.05, 3.63) is 35.9 Å². The molecule has 0 unspecified atom stereocenters. The van der Waals surface area contributed by atoms with Gasteiger partial charge in [0.1, 0.15) is 6.54 Å². The van der Waals surface area contributed by atoms with Crippen LogP contribution in [0.3, 0.4) is 0 Å². The van der Waals surface area contributed by atoms with Crippen molar-refractivity contribution in [2.75, 3.05) is 40.3 Å². The van der Waals surface area contributed by atoms with Crippen LogP contribution in [0.5, 0.6) is 0 Å². The van der Waals surface area contributed by atoms with Gasteiger partial charge in [0, 0.05) is 18.6 Å². The fourth-order valence-corrected chi connectivity index (χ4v) is 5.93. The summed E-state index contributed by atoms with van der Waals surface area (Å²) in [5.41, 5.74) is 6.16. The molecule has 0 bridgehead atoms. The summed E-state index contributed by atoms with van der Waals surface area (Å²) in [5, 5.41) is 2.52. The second-order valence-electron chi connectivity index (χ2n) is 10.3. The van der Waals surface area contributed by atoms with Crippen LogP contribution in [0.25, 0.3) is 0 Å². The Balaban J connectivity index is 1.53. The number of nitrogens with two attached hydrogens (primary N) is 1. The lowest BCUT2D eigenvalue weighted by atomic mass is 9.68. The van der Waals surface area contributed by atoms with Crippen molar-refractivity contribution in [2.24, 2.45) is 11.7 Å². The number of carbonyl (C=O) groups is 3. The lowest BCUT2D eigenvalue weighted by Crippen LogP contribution is -2.56. The fraction of sp³-hybridized carbons (Fsp3) is 0.640. The molecule has 1 spiro atoms. The zero-order chi connectivity index (χ0) is 23.6. The van der Waals surface area contributed by atoms with Gasteiger partial charge in [-0.3, -0.25) is 14.5 Å². The van der Waals surface area contributed by atoms with Crippen LogP contribution in [0.15, 0.2) is 30.3 Å². The summed E-state index contributed by atoms with van der Waals surface area (Å²) in [7, 11) is 4.29. The molecule has 4 amide bonds. The molecule has 1 heterocycles. The Bertz CT molecular complexity index is 875. The highest BCUT2D eigenvalue weighted by Gasteiger charge is 2.55. The number of urea groups is 1. The molecule has 8 nitrogen and oxygen atoms in total. The van der Waals surface area contributed by atoms with Crippen molar-refractivity contribution in [1.82, 2.24) is 20.0 Å². The maximum absolute atomic E-state index is 13.5. The number of carbonyl (C=O) groups excluding carboxylic acids is 3. The SMILES string of the molecule is CN(C)C1(c2ccccc2)CCC2(CC1)CN(CC(=O)NCC(N)=O)C(=O)N2CC1CCC1. The number of nitrogens with zero attached hydrogens (tertiary/aromatic N) is 3.